The Morgan fingerprint density at radius 3 is 2.57 bits per heavy atom. The minimum Gasteiger partial charge on any atom is -0.310 e. The summed E-state index contributed by atoms with van der Waals surface area (Å²) in [5.74, 6) is 0. The van der Waals surface area contributed by atoms with Crippen molar-refractivity contribution >= 4 is 31.9 Å². The van der Waals surface area contributed by atoms with Gasteiger partial charge >= 0.3 is 0 Å². The quantitative estimate of drug-likeness (QED) is 0.751. The largest absolute Gasteiger partial charge is 0.310 e. The topological polar surface area (TPSA) is 29.9 Å². The summed E-state index contributed by atoms with van der Waals surface area (Å²) in [6.07, 6.45) is 2.02. The first-order valence-electron chi connectivity index (χ1n) is 7.20. The van der Waals surface area contributed by atoms with E-state index < -0.39 is 0 Å². The molecule has 0 saturated carbocycles. The normalized spacial score (nSPS) is 12.6. The number of aromatic nitrogens is 2. The maximum atomic E-state index is 4.49. The van der Waals surface area contributed by atoms with E-state index in [2.05, 4.69) is 73.5 Å². The van der Waals surface area contributed by atoms with Gasteiger partial charge in [0, 0.05) is 24.0 Å². The number of aryl methyl sites for hydroxylation is 2. The van der Waals surface area contributed by atoms with Gasteiger partial charge in [0.15, 0.2) is 0 Å². The van der Waals surface area contributed by atoms with Crippen molar-refractivity contribution in [1.29, 1.82) is 0 Å². The Morgan fingerprint density at radius 2 is 2.00 bits per heavy atom. The fourth-order valence-electron chi connectivity index (χ4n) is 2.46. The van der Waals surface area contributed by atoms with Crippen molar-refractivity contribution < 1.29 is 0 Å². The Bertz CT molecular complexity index is 608. The summed E-state index contributed by atoms with van der Waals surface area (Å²) in [6.45, 7) is 5.22. The average molecular weight is 415 g/mol. The third kappa shape index (κ3) is 3.96. The number of nitrogens with one attached hydrogen (secondary N) is 1. The molecule has 1 N–H and O–H groups in total. The van der Waals surface area contributed by atoms with Crippen molar-refractivity contribution in [2.24, 2.45) is 7.05 Å². The van der Waals surface area contributed by atoms with Crippen LogP contribution in [0.1, 0.15) is 36.3 Å². The standard InChI is InChI=1S/C16H21Br2N3/c1-4-9-19-14(12-7-5-6-8-13(12)17)10-15-16(18)11(2)20-21(15)3/h5-8,14,19H,4,9-10H2,1-3H3. The fraction of sp³-hybridized carbons (Fsp3) is 0.438. The summed E-state index contributed by atoms with van der Waals surface area (Å²) in [7, 11) is 2.00. The van der Waals surface area contributed by atoms with Gasteiger partial charge in [0.05, 0.1) is 15.9 Å². The first-order chi connectivity index (χ1) is 10.0. The predicted molar refractivity (Wildman–Crippen MR) is 94.5 cm³/mol. The smallest absolute Gasteiger partial charge is 0.0738 e. The van der Waals surface area contributed by atoms with Crippen LogP contribution in [0.15, 0.2) is 33.2 Å². The molecule has 21 heavy (non-hydrogen) atoms. The lowest BCUT2D eigenvalue weighted by Gasteiger charge is -2.20. The summed E-state index contributed by atoms with van der Waals surface area (Å²) in [4.78, 5) is 0. The minimum absolute atomic E-state index is 0.270. The van der Waals surface area contributed by atoms with Crippen LogP contribution in [0.5, 0.6) is 0 Å². The zero-order valence-corrected chi connectivity index (χ0v) is 15.8. The highest BCUT2D eigenvalue weighted by atomic mass is 79.9. The van der Waals surface area contributed by atoms with Crippen molar-refractivity contribution in [2.75, 3.05) is 6.54 Å². The van der Waals surface area contributed by atoms with E-state index in [0.29, 0.717) is 0 Å². The molecule has 0 radical (unpaired) electrons. The zero-order valence-electron chi connectivity index (χ0n) is 12.7. The maximum absolute atomic E-state index is 4.49. The van der Waals surface area contributed by atoms with Crippen LogP contribution in [0, 0.1) is 6.92 Å². The molecule has 0 aliphatic heterocycles. The molecule has 114 valence electrons. The Morgan fingerprint density at radius 1 is 1.29 bits per heavy atom. The van der Waals surface area contributed by atoms with Crippen LogP contribution in [0.25, 0.3) is 0 Å². The van der Waals surface area contributed by atoms with Crippen molar-refractivity contribution in [3.05, 3.63) is 50.2 Å². The Labute approximate surface area is 143 Å². The zero-order chi connectivity index (χ0) is 15.4. The first-order valence-corrected chi connectivity index (χ1v) is 8.79. The summed E-state index contributed by atoms with van der Waals surface area (Å²) >= 11 is 7.34. The highest BCUT2D eigenvalue weighted by Gasteiger charge is 2.19. The van der Waals surface area contributed by atoms with Gasteiger partial charge in [-0.3, -0.25) is 4.68 Å². The molecule has 5 heteroatoms. The van der Waals surface area contributed by atoms with Gasteiger partial charge in [-0.2, -0.15) is 5.10 Å². The highest BCUT2D eigenvalue weighted by molar-refractivity contribution is 9.10. The van der Waals surface area contributed by atoms with E-state index in [1.54, 1.807) is 0 Å². The third-order valence-corrected chi connectivity index (χ3v) is 5.33. The van der Waals surface area contributed by atoms with Crippen LogP contribution in [0.3, 0.4) is 0 Å². The van der Waals surface area contributed by atoms with Gasteiger partial charge in [-0.15, -0.1) is 0 Å². The molecule has 2 rings (SSSR count). The van der Waals surface area contributed by atoms with Crippen LogP contribution >= 0.6 is 31.9 Å². The van der Waals surface area contributed by atoms with Gasteiger partial charge in [0.2, 0.25) is 0 Å². The molecular formula is C16H21Br2N3. The van der Waals surface area contributed by atoms with E-state index in [9.17, 15) is 0 Å². The van der Waals surface area contributed by atoms with Crippen molar-refractivity contribution in [3.8, 4) is 0 Å². The average Bonchev–Trinajstić information content (AvgIpc) is 2.70. The van der Waals surface area contributed by atoms with E-state index in [0.717, 1.165) is 34.0 Å². The number of halogens is 2. The van der Waals surface area contributed by atoms with Crippen LogP contribution in [-0.2, 0) is 13.5 Å². The maximum Gasteiger partial charge on any atom is 0.0738 e. The van der Waals surface area contributed by atoms with Crippen LogP contribution in [-0.4, -0.2) is 16.3 Å². The molecule has 1 aromatic heterocycles. The van der Waals surface area contributed by atoms with Gasteiger partial charge in [-0.25, -0.2) is 0 Å². The summed E-state index contributed by atoms with van der Waals surface area (Å²) in [5, 5.41) is 8.14. The second-order valence-electron chi connectivity index (χ2n) is 5.20. The lowest BCUT2D eigenvalue weighted by Crippen LogP contribution is -2.25. The molecule has 0 aliphatic rings. The predicted octanol–water partition coefficient (Wildman–Crippen LogP) is 4.54. The summed E-state index contributed by atoms with van der Waals surface area (Å²) in [6, 6.07) is 8.68. The number of benzene rings is 1. The van der Waals surface area contributed by atoms with E-state index in [-0.39, 0.29) is 6.04 Å². The molecule has 1 unspecified atom stereocenters. The number of hydrogen-bond acceptors (Lipinski definition) is 2. The number of rotatable bonds is 6. The minimum atomic E-state index is 0.270. The highest BCUT2D eigenvalue weighted by Crippen LogP contribution is 2.29. The molecule has 1 aromatic carbocycles. The Kier molecular flexibility index (Phi) is 6.02. The molecule has 1 atom stereocenters. The van der Waals surface area contributed by atoms with Gasteiger partial charge in [0.1, 0.15) is 0 Å². The van der Waals surface area contributed by atoms with Gasteiger partial charge in [-0.05, 0) is 47.4 Å². The lowest BCUT2D eigenvalue weighted by atomic mass is 10.0. The van der Waals surface area contributed by atoms with Gasteiger partial charge < -0.3 is 5.32 Å². The van der Waals surface area contributed by atoms with Crippen molar-refractivity contribution in [1.82, 2.24) is 15.1 Å². The second-order valence-corrected chi connectivity index (χ2v) is 6.85. The van der Waals surface area contributed by atoms with Crippen molar-refractivity contribution in [3.63, 3.8) is 0 Å². The number of hydrogen-bond donors (Lipinski definition) is 1. The molecular weight excluding hydrogens is 394 g/mol. The van der Waals surface area contributed by atoms with Gasteiger partial charge in [-0.1, -0.05) is 41.1 Å². The molecule has 3 nitrogen and oxygen atoms in total. The van der Waals surface area contributed by atoms with Crippen LogP contribution < -0.4 is 5.32 Å². The van der Waals surface area contributed by atoms with Gasteiger partial charge in [0.25, 0.3) is 0 Å². The third-order valence-electron chi connectivity index (χ3n) is 3.58. The molecule has 0 saturated heterocycles. The van der Waals surface area contributed by atoms with Crippen LogP contribution in [0.2, 0.25) is 0 Å². The molecule has 0 bridgehead atoms. The molecule has 0 amide bonds. The van der Waals surface area contributed by atoms with E-state index in [1.165, 1.54) is 11.3 Å². The lowest BCUT2D eigenvalue weighted by molar-refractivity contribution is 0.510. The van der Waals surface area contributed by atoms with Crippen molar-refractivity contribution in [2.45, 2.75) is 32.7 Å². The fourth-order valence-corrected chi connectivity index (χ4v) is 3.52. The van der Waals surface area contributed by atoms with E-state index in [4.69, 9.17) is 0 Å². The molecule has 1 heterocycles. The Hall–Kier alpha value is -0.650. The number of nitrogens with zero attached hydrogens (tertiary/aromatic N) is 2. The summed E-state index contributed by atoms with van der Waals surface area (Å²) in [5.41, 5.74) is 3.54. The molecule has 0 fully saturated rings. The summed E-state index contributed by atoms with van der Waals surface area (Å²) < 4.78 is 4.23. The Balaban J connectivity index is 2.31. The van der Waals surface area contributed by atoms with Crippen LogP contribution in [0.4, 0.5) is 0 Å². The molecule has 0 aliphatic carbocycles. The van der Waals surface area contributed by atoms with E-state index in [1.807, 2.05) is 18.7 Å². The monoisotopic (exact) mass is 413 g/mol. The second kappa shape index (κ2) is 7.56. The molecule has 0 spiro atoms. The molecule has 2 aromatic rings. The SMILES string of the molecule is CCCNC(Cc1c(Br)c(C)nn1C)c1ccccc1Br. The van der Waals surface area contributed by atoms with E-state index >= 15 is 0 Å². The first kappa shape index (κ1) is 16.7.